The van der Waals surface area contributed by atoms with Gasteiger partial charge in [0.25, 0.3) is 0 Å². The Morgan fingerprint density at radius 3 is 2.57 bits per heavy atom. The second-order valence-electron chi connectivity index (χ2n) is 5.45. The van der Waals surface area contributed by atoms with Gasteiger partial charge in [0.1, 0.15) is 0 Å². The molecule has 2 aromatic carbocycles. The molecule has 0 saturated carbocycles. The maximum Gasteiger partial charge on any atom is 0.0952 e. The molecule has 2 aromatic rings. The topological polar surface area (TPSA) is 12.5 Å². The molecular formula is C18H20BrNO. The molecule has 21 heavy (non-hydrogen) atoms. The van der Waals surface area contributed by atoms with Gasteiger partial charge in [-0.15, -0.1) is 0 Å². The van der Waals surface area contributed by atoms with E-state index in [1.54, 1.807) is 0 Å². The molecule has 0 unspecified atom stereocenters. The van der Waals surface area contributed by atoms with Gasteiger partial charge in [-0.25, -0.2) is 0 Å². The number of hydrogen-bond donors (Lipinski definition) is 0. The number of ether oxygens (including phenoxy) is 1. The molecule has 1 aliphatic heterocycles. The van der Waals surface area contributed by atoms with E-state index in [9.17, 15) is 0 Å². The molecule has 1 saturated heterocycles. The highest BCUT2D eigenvalue weighted by molar-refractivity contribution is 9.10. The Labute approximate surface area is 134 Å². The predicted octanol–water partition coefficient (Wildman–Crippen LogP) is 4.07. The third kappa shape index (κ3) is 4.16. The summed E-state index contributed by atoms with van der Waals surface area (Å²) in [6, 6.07) is 19.2. The zero-order valence-electron chi connectivity index (χ0n) is 12.0. The molecule has 0 aliphatic carbocycles. The summed E-state index contributed by atoms with van der Waals surface area (Å²) in [4.78, 5) is 2.50. The summed E-state index contributed by atoms with van der Waals surface area (Å²) in [7, 11) is 0. The maximum absolute atomic E-state index is 5.93. The van der Waals surface area contributed by atoms with E-state index in [4.69, 9.17) is 4.74 Å². The van der Waals surface area contributed by atoms with Gasteiger partial charge >= 0.3 is 0 Å². The first kappa shape index (κ1) is 14.8. The van der Waals surface area contributed by atoms with Crippen LogP contribution in [-0.2, 0) is 11.2 Å². The molecule has 0 amide bonds. The fourth-order valence-corrected chi connectivity index (χ4v) is 2.98. The van der Waals surface area contributed by atoms with E-state index in [-0.39, 0.29) is 6.10 Å². The van der Waals surface area contributed by atoms with Crippen molar-refractivity contribution in [3.8, 4) is 0 Å². The molecule has 0 spiro atoms. The fourth-order valence-electron chi connectivity index (χ4n) is 2.72. The Balaban J connectivity index is 1.57. The van der Waals surface area contributed by atoms with Crippen molar-refractivity contribution >= 4 is 15.9 Å². The van der Waals surface area contributed by atoms with Crippen LogP contribution in [-0.4, -0.2) is 31.1 Å². The minimum absolute atomic E-state index is 0.197. The van der Waals surface area contributed by atoms with Crippen LogP contribution < -0.4 is 0 Å². The van der Waals surface area contributed by atoms with Crippen molar-refractivity contribution in [1.29, 1.82) is 0 Å². The lowest BCUT2D eigenvalue weighted by atomic mass is 10.1. The molecule has 0 bridgehead atoms. The van der Waals surface area contributed by atoms with Crippen molar-refractivity contribution in [2.75, 3.05) is 26.2 Å². The summed E-state index contributed by atoms with van der Waals surface area (Å²) in [5.41, 5.74) is 2.67. The van der Waals surface area contributed by atoms with E-state index in [0.29, 0.717) is 0 Å². The standard InChI is InChI=1S/C18H20BrNO/c19-17-8-6-16(7-9-17)18-14-20(12-13-21-18)11-10-15-4-2-1-3-5-15/h1-9,18H,10-14H2/t18-/m1/s1. The van der Waals surface area contributed by atoms with Crippen LogP contribution >= 0.6 is 15.9 Å². The molecule has 110 valence electrons. The van der Waals surface area contributed by atoms with Gasteiger partial charge in [0, 0.05) is 24.1 Å². The normalized spacial score (nSPS) is 19.6. The van der Waals surface area contributed by atoms with E-state index in [1.165, 1.54) is 11.1 Å². The maximum atomic E-state index is 5.93. The summed E-state index contributed by atoms with van der Waals surface area (Å²) in [5, 5.41) is 0. The summed E-state index contributed by atoms with van der Waals surface area (Å²) in [6.07, 6.45) is 1.30. The zero-order chi connectivity index (χ0) is 14.5. The van der Waals surface area contributed by atoms with Crippen LogP contribution in [0.15, 0.2) is 59.1 Å². The van der Waals surface area contributed by atoms with Crippen molar-refractivity contribution in [2.45, 2.75) is 12.5 Å². The average Bonchev–Trinajstić information content (AvgIpc) is 2.55. The number of nitrogens with zero attached hydrogens (tertiary/aromatic N) is 1. The molecule has 0 N–H and O–H groups in total. The molecule has 1 fully saturated rings. The molecule has 3 rings (SSSR count). The van der Waals surface area contributed by atoms with Crippen molar-refractivity contribution in [3.05, 3.63) is 70.2 Å². The van der Waals surface area contributed by atoms with Crippen LogP contribution in [0.1, 0.15) is 17.2 Å². The van der Waals surface area contributed by atoms with Gasteiger partial charge < -0.3 is 4.74 Å². The van der Waals surface area contributed by atoms with Crippen LogP contribution in [0.2, 0.25) is 0 Å². The first-order valence-corrected chi connectivity index (χ1v) is 8.24. The molecule has 1 atom stereocenters. The molecule has 3 heteroatoms. The summed E-state index contributed by atoms with van der Waals surface area (Å²) >= 11 is 3.48. The highest BCUT2D eigenvalue weighted by Gasteiger charge is 2.21. The Morgan fingerprint density at radius 1 is 1.05 bits per heavy atom. The zero-order valence-corrected chi connectivity index (χ0v) is 13.6. The summed E-state index contributed by atoms with van der Waals surface area (Å²) in [6.45, 7) is 3.92. The van der Waals surface area contributed by atoms with Gasteiger partial charge in [0.05, 0.1) is 12.7 Å². The number of benzene rings is 2. The third-order valence-corrected chi connectivity index (χ3v) is 4.48. The van der Waals surface area contributed by atoms with E-state index >= 15 is 0 Å². The monoisotopic (exact) mass is 345 g/mol. The molecule has 0 aromatic heterocycles. The third-order valence-electron chi connectivity index (χ3n) is 3.95. The van der Waals surface area contributed by atoms with Gasteiger partial charge in [0.2, 0.25) is 0 Å². The van der Waals surface area contributed by atoms with Gasteiger partial charge in [0.15, 0.2) is 0 Å². The van der Waals surface area contributed by atoms with Crippen molar-refractivity contribution < 1.29 is 4.74 Å². The molecule has 1 heterocycles. The van der Waals surface area contributed by atoms with Crippen LogP contribution in [0.25, 0.3) is 0 Å². The number of rotatable bonds is 4. The van der Waals surface area contributed by atoms with Gasteiger partial charge in [-0.2, -0.15) is 0 Å². The van der Waals surface area contributed by atoms with Crippen LogP contribution in [0.5, 0.6) is 0 Å². The lowest BCUT2D eigenvalue weighted by molar-refractivity contribution is -0.0295. The minimum atomic E-state index is 0.197. The predicted molar refractivity (Wildman–Crippen MR) is 89.4 cm³/mol. The highest BCUT2D eigenvalue weighted by atomic mass is 79.9. The Morgan fingerprint density at radius 2 is 1.81 bits per heavy atom. The molecule has 1 aliphatic rings. The van der Waals surface area contributed by atoms with E-state index < -0.39 is 0 Å². The smallest absolute Gasteiger partial charge is 0.0952 e. The van der Waals surface area contributed by atoms with Crippen molar-refractivity contribution in [1.82, 2.24) is 4.90 Å². The molecule has 2 nitrogen and oxygen atoms in total. The quantitative estimate of drug-likeness (QED) is 0.828. The Hall–Kier alpha value is -1.16. The largest absolute Gasteiger partial charge is 0.371 e. The first-order chi connectivity index (χ1) is 10.3. The lowest BCUT2D eigenvalue weighted by Gasteiger charge is -2.33. The number of halogens is 1. The summed E-state index contributed by atoms with van der Waals surface area (Å²) < 4.78 is 7.04. The molecule has 0 radical (unpaired) electrons. The lowest BCUT2D eigenvalue weighted by Crippen LogP contribution is -2.39. The van der Waals surface area contributed by atoms with Crippen molar-refractivity contribution in [3.63, 3.8) is 0 Å². The Bertz CT molecular complexity index is 555. The fraction of sp³-hybridized carbons (Fsp3) is 0.333. The minimum Gasteiger partial charge on any atom is -0.371 e. The van der Waals surface area contributed by atoms with Gasteiger partial charge in [-0.05, 0) is 29.7 Å². The number of hydrogen-bond acceptors (Lipinski definition) is 2. The van der Waals surface area contributed by atoms with Crippen LogP contribution in [0, 0.1) is 0 Å². The van der Waals surface area contributed by atoms with E-state index in [2.05, 4.69) is 75.4 Å². The number of morpholine rings is 1. The van der Waals surface area contributed by atoms with E-state index in [0.717, 1.165) is 37.1 Å². The van der Waals surface area contributed by atoms with Gasteiger partial charge in [-0.1, -0.05) is 58.4 Å². The van der Waals surface area contributed by atoms with Gasteiger partial charge in [-0.3, -0.25) is 4.90 Å². The summed E-state index contributed by atoms with van der Waals surface area (Å²) in [5.74, 6) is 0. The average molecular weight is 346 g/mol. The Kier molecular flexibility index (Phi) is 5.07. The van der Waals surface area contributed by atoms with Crippen molar-refractivity contribution in [2.24, 2.45) is 0 Å². The van der Waals surface area contributed by atoms with E-state index in [1.807, 2.05) is 0 Å². The highest BCUT2D eigenvalue weighted by Crippen LogP contribution is 2.23. The second-order valence-corrected chi connectivity index (χ2v) is 6.36. The molecular weight excluding hydrogens is 326 g/mol. The first-order valence-electron chi connectivity index (χ1n) is 7.44. The van der Waals surface area contributed by atoms with Crippen LogP contribution in [0.4, 0.5) is 0 Å². The SMILES string of the molecule is Brc1ccc([C@H]2CN(CCc3ccccc3)CCO2)cc1. The second kappa shape index (κ2) is 7.21. The van der Waals surface area contributed by atoms with Crippen LogP contribution in [0.3, 0.4) is 0 Å².